The second kappa shape index (κ2) is 11.8. The van der Waals surface area contributed by atoms with E-state index in [4.69, 9.17) is 23.7 Å². The molecule has 1 saturated heterocycles. The van der Waals surface area contributed by atoms with E-state index >= 15 is 0 Å². The van der Waals surface area contributed by atoms with Gasteiger partial charge in [-0.15, -0.1) is 0 Å². The van der Waals surface area contributed by atoms with Crippen LogP contribution in [0.15, 0.2) is 60.2 Å². The molecule has 10 nitrogen and oxygen atoms in total. The minimum absolute atomic E-state index is 0.0831. The summed E-state index contributed by atoms with van der Waals surface area (Å²) in [5.74, 6) is 0.609. The molecule has 0 spiro atoms. The average Bonchev–Trinajstić information content (AvgIpc) is 3.57. The van der Waals surface area contributed by atoms with Gasteiger partial charge in [0.2, 0.25) is 0 Å². The summed E-state index contributed by atoms with van der Waals surface area (Å²) in [6, 6.07) is 14.5. The minimum Gasteiger partial charge on any atom is -0.507 e. The zero-order valence-electron chi connectivity index (χ0n) is 23.9. The second-order valence-corrected chi connectivity index (χ2v) is 11.0. The summed E-state index contributed by atoms with van der Waals surface area (Å²) in [7, 11) is 3.10. The molecule has 1 fully saturated rings. The van der Waals surface area contributed by atoms with E-state index in [2.05, 4.69) is 11.9 Å². The predicted octanol–water partition coefficient (Wildman–Crippen LogP) is 5.89. The number of carbonyl (C=O) groups is 2. The number of carbonyl (C=O) groups excluding carboxylic acids is 2. The van der Waals surface area contributed by atoms with Gasteiger partial charge in [-0.1, -0.05) is 30.7 Å². The number of aromatic nitrogens is 1. The summed E-state index contributed by atoms with van der Waals surface area (Å²) in [4.78, 5) is 33.5. The summed E-state index contributed by atoms with van der Waals surface area (Å²) in [6.07, 6.45) is 1.85. The van der Waals surface area contributed by atoms with Gasteiger partial charge in [-0.2, -0.15) is 0 Å². The van der Waals surface area contributed by atoms with Gasteiger partial charge in [-0.25, -0.2) is 4.98 Å². The first kappa shape index (κ1) is 28.4. The van der Waals surface area contributed by atoms with Crippen LogP contribution in [0.25, 0.3) is 16.0 Å². The lowest BCUT2D eigenvalue weighted by Gasteiger charge is -2.24. The number of fused-ring (bicyclic) bond motifs is 2. The maximum atomic E-state index is 13.7. The molecule has 3 heterocycles. The number of methoxy groups -OCH3 is 2. The third kappa shape index (κ3) is 5.20. The Labute approximate surface area is 252 Å². The number of unbranched alkanes of at least 4 members (excludes halogenated alkanes) is 1. The van der Waals surface area contributed by atoms with Gasteiger partial charge in [0.05, 0.1) is 42.7 Å². The maximum Gasteiger partial charge on any atom is 0.301 e. The molecule has 2 aliphatic heterocycles. The fraction of sp³-hybridized carbons (Fsp3) is 0.281. The van der Waals surface area contributed by atoms with Crippen LogP contribution >= 0.6 is 11.3 Å². The summed E-state index contributed by atoms with van der Waals surface area (Å²) in [6.45, 7) is 3.37. The van der Waals surface area contributed by atoms with Crippen molar-refractivity contribution in [1.29, 1.82) is 0 Å². The summed E-state index contributed by atoms with van der Waals surface area (Å²) in [5.41, 5.74) is 1.41. The molecule has 222 valence electrons. The molecule has 0 unspecified atom stereocenters. The normalized spacial score (nSPS) is 17.4. The predicted molar refractivity (Wildman–Crippen MR) is 162 cm³/mol. The second-order valence-electron chi connectivity index (χ2n) is 9.97. The number of Topliss-reactive ketones (excluding diaryl/α,β-unsaturated/α-hetero) is 1. The minimum atomic E-state index is -1.01. The number of aliphatic hydroxyl groups is 1. The molecule has 0 aliphatic carbocycles. The van der Waals surface area contributed by atoms with E-state index in [1.54, 1.807) is 55.6 Å². The highest BCUT2D eigenvalue weighted by Gasteiger charge is 2.48. The molecule has 4 aromatic rings. The maximum absolute atomic E-state index is 13.7. The molecule has 11 heteroatoms. The molecule has 43 heavy (non-hydrogen) atoms. The van der Waals surface area contributed by atoms with Crippen molar-refractivity contribution in [2.75, 3.05) is 38.9 Å². The van der Waals surface area contributed by atoms with Crippen LogP contribution in [-0.4, -0.2) is 55.8 Å². The number of thiazole rings is 1. The number of amides is 1. The molecule has 1 aromatic heterocycles. The third-order valence-electron chi connectivity index (χ3n) is 7.31. The molecule has 2 aliphatic rings. The summed E-state index contributed by atoms with van der Waals surface area (Å²) in [5, 5.41) is 11.9. The quantitative estimate of drug-likeness (QED) is 0.108. The fourth-order valence-electron chi connectivity index (χ4n) is 5.11. The van der Waals surface area contributed by atoms with Crippen molar-refractivity contribution in [2.24, 2.45) is 0 Å². The Kier molecular flexibility index (Phi) is 7.81. The van der Waals surface area contributed by atoms with E-state index in [1.165, 1.54) is 23.3 Å². The van der Waals surface area contributed by atoms with Gasteiger partial charge < -0.3 is 28.8 Å². The molecule has 0 bridgehead atoms. The van der Waals surface area contributed by atoms with E-state index in [0.29, 0.717) is 70.3 Å². The number of nitrogens with zero attached hydrogens (tertiary/aromatic N) is 2. The molecule has 6 rings (SSSR count). The summed E-state index contributed by atoms with van der Waals surface area (Å²) >= 11 is 1.25. The van der Waals surface area contributed by atoms with Gasteiger partial charge in [-0.05, 0) is 60.5 Å². The van der Waals surface area contributed by atoms with Gasteiger partial charge in [-0.3, -0.25) is 14.5 Å². The van der Waals surface area contributed by atoms with E-state index in [0.717, 1.165) is 17.5 Å². The van der Waals surface area contributed by atoms with Crippen LogP contribution in [0, 0.1) is 0 Å². The average molecular weight is 603 g/mol. The highest BCUT2D eigenvalue weighted by Crippen LogP contribution is 2.46. The first-order valence-corrected chi connectivity index (χ1v) is 14.7. The number of aliphatic hydroxyl groups excluding tert-OH is 1. The van der Waals surface area contributed by atoms with Crippen LogP contribution in [0.5, 0.6) is 28.7 Å². The highest BCUT2D eigenvalue weighted by molar-refractivity contribution is 7.22. The topological polar surface area (TPSA) is 117 Å². The van der Waals surface area contributed by atoms with Crippen LogP contribution in [0.3, 0.4) is 0 Å². The van der Waals surface area contributed by atoms with Crippen LogP contribution in [0.4, 0.5) is 5.13 Å². The number of benzene rings is 3. The van der Waals surface area contributed by atoms with Crippen molar-refractivity contribution in [2.45, 2.75) is 25.8 Å². The smallest absolute Gasteiger partial charge is 0.301 e. The lowest BCUT2D eigenvalue weighted by molar-refractivity contribution is -0.132. The zero-order chi connectivity index (χ0) is 30.1. The fourth-order valence-corrected chi connectivity index (χ4v) is 6.13. The van der Waals surface area contributed by atoms with Gasteiger partial charge in [0.25, 0.3) is 5.78 Å². The molecule has 3 aromatic carbocycles. The standard InChI is InChI=1S/C32H30N2O8S/c1-4-5-12-40-22-10-6-18(15-24(22)39-3)28-27(29(35)19-7-11-23-25(16-19)42-14-13-41-23)30(36)31(37)34(28)32-33-21-9-8-20(38-2)17-26(21)43-32/h6-11,15-17,28,35H,4-5,12-14H2,1-3H3/b29-27+/t28-/m0/s1. The van der Waals surface area contributed by atoms with Crippen molar-refractivity contribution in [3.8, 4) is 28.7 Å². The monoisotopic (exact) mass is 602 g/mol. The number of anilines is 1. The van der Waals surface area contributed by atoms with Crippen molar-refractivity contribution >= 4 is 44.1 Å². The first-order valence-electron chi connectivity index (χ1n) is 13.9. The van der Waals surface area contributed by atoms with Gasteiger partial charge in [0.15, 0.2) is 28.1 Å². The molecular formula is C32H30N2O8S. The molecule has 1 amide bonds. The number of hydrogen-bond acceptors (Lipinski definition) is 10. The largest absolute Gasteiger partial charge is 0.507 e. The van der Waals surface area contributed by atoms with Crippen molar-refractivity contribution in [3.05, 3.63) is 71.3 Å². The number of ketones is 1. The lowest BCUT2D eigenvalue weighted by atomic mass is 9.95. The van der Waals surface area contributed by atoms with Gasteiger partial charge in [0.1, 0.15) is 24.7 Å². The molecule has 0 saturated carbocycles. The SMILES string of the molecule is CCCCOc1ccc([C@H]2/C(=C(\O)c3ccc4c(c3)OCCO4)C(=O)C(=O)N2c2nc3ccc(OC)cc3s2)cc1OC. The van der Waals surface area contributed by atoms with E-state index in [-0.39, 0.29) is 11.3 Å². The van der Waals surface area contributed by atoms with Crippen LogP contribution in [0.1, 0.15) is 36.9 Å². The van der Waals surface area contributed by atoms with E-state index < -0.39 is 17.7 Å². The Morgan fingerprint density at radius 1 is 1.00 bits per heavy atom. The van der Waals surface area contributed by atoms with E-state index in [1.807, 2.05) is 6.07 Å². The summed E-state index contributed by atoms with van der Waals surface area (Å²) < 4.78 is 29.0. The molecule has 0 radical (unpaired) electrons. The Balaban J connectivity index is 1.51. The number of ether oxygens (including phenoxy) is 5. The Morgan fingerprint density at radius 3 is 2.58 bits per heavy atom. The van der Waals surface area contributed by atoms with Crippen molar-refractivity contribution < 1.29 is 38.4 Å². The van der Waals surface area contributed by atoms with Crippen LogP contribution in [-0.2, 0) is 9.59 Å². The molecule has 1 atom stereocenters. The van der Waals surface area contributed by atoms with Gasteiger partial charge >= 0.3 is 5.91 Å². The van der Waals surface area contributed by atoms with Gasteiger partial charge in [0, 0.05) is 5.56 Å². The zero-order valence-corrected chi connectivity index (χ0v) is 24.7. The molecule has 1 N–H and O–H groups in total. The highest BCUT2D eigenvalue weighted by atomic mass is 32.1. The Morgan fingerprint density at radius 2 is 1.81 bits per heavy atom. The Hall–Kier alpha value is -4.77. The van der Waals surface area contributed by atoms with Crippen LogP contribution < -0.4 is 28.6 Å². The lowest BCUT2D eigenvalue weighted by Crippen LogP contribution is -2.29. The third-order valence-corrected chi connectivity index (χ3v) is 8.33. The van der Waals surface area contributed by atoms with E-state index in [9.17, 15) is 14.7 Å². The van der Waals surface area contributed by atoms with Crippen molar-refractivity contribution in [3.63, 3.8) is 0 Å². The number of hydrogen-bond donors (Lipinski definition) is 1. The number of rotatable bonds is 9. The molecular weight excluding hydrogens is 572 g/mol. The Bertz CT molecular complexity index is 1750. The first-order chi connectivity index (χ1) is 20.9. The van der Waals surface area contributed by atoms with Crippen molar-refractivity contribution in [1.82, 2.24) is 4.98 Å². The van der Waals surface area contributed by atoms with Crippen LogP contribution in [0.2, 0.25) is 0 Å².